The minimum Gasteiger partial charge on any atom is -0.477 e. The van der Waals surface area contributed by atoms with Gasteiger partial charge in [-0.3, -0.25) is 0 Å². The SMILES string of the molecule is O=C(NCc1ccc(OCC2CC2)nc1)NC1CCCCCCC1. The molecule has 2 N–H and O–H groups in total. The molecule has 24 heavy (non-hydrogen) atoms. The normalized spacial score (nSPS) is 19.2. The molecule has 1 heterocycles. The van der Waals surface area contributed by atoms with Crippen molar-refractivity contribution in [2.24, 2.45) is 5.92 Å². The third kappa shape index (κ3) is 6.02. The molecule has 0 unspecified atom stereocenters. The average molecular weight is 331 g/mol. The molecule has 0 saturated heterocycles. The van der Waals surface area contributed by atoms with Gasteiger partial charge in [0.2, 0.25) is 5.88 Å². The average Bonchev–Trinajstić information content (AvgIpc) is 3.39. The summed E-state index contributed by atoms with van der Waals surface area (Å²) in [7, 11) is 0. The van der Waals surface area contributed by atoms with Gasteiger partial charge >= 0.3 is 6.03 Å². The summed E-state index contributed by atoms with van der Waals surface area (Å²) in [6.07, 6.45) is 12.9. The fourth-order valence-electron chi connectivity index (χ4n) is 3.11. The number of ether oxygens (including phenoxy) is 1. The topological polar surface area (TPSA) is 63.2 Å². The Morgan fingerprint density at radius 1 is 1.08 bits per heavy atom. The number of rotatable bonds is 6. The lowest BCUT2D eigenvalue weighted by molar-refractivity contribution is 0.233. The number of amides is 2. The molecule has 2 aliphatic carbocycles. The van der Waals surface area contributed by atoms with Crippen LogP contribution in [0.2, 0.25) is 0 Å². The van der Waals surface area contributed by atoms with Crippen molar-refractivity contribution in [2.45, 2.75) is 70.4 Å². The van der Waals surface area contributed by atoms with E-state index < -0.39 is 0 Å². The number of nitrogens with one attached hydrogen (secondary N) is 2. The highest BCUT2D eigenvalue weighted by Crippen LogP contribution is 2.29. The molecule has 0 spiro atoms. The van der Waals surface area contributed by atoms with Crippen LogP contribution in [0.1, 0.15) is 63.4 Å². The van der Waals surface area contributed by atoms with Gasteiger partial charge < -0.3 is 15.4 Å². The van der Waals surface area contributed by atoms with Crippen molar-refractivity contribution in [3.63, 3.8) is 0 Å². The summed E-state index contributed by atoms with van der Waals surface area (Å²) in [6.45, 7) is 1.27. The summed E-state index contributed by atoms with van der Waals surface area (Å²) in [4.78, 5) is 16.4. The number of carbonyl (C=O) groups excluding carboxylic acids is 1. The minimum atomic E-state index is -0.0744. The summed E-state index contributed by atoms with van der Waals surface area (Å²) in [5, 5.41) is 6.04. The predicted octanol–water partition coefficient (Wildman–Crippen LogP) is 3.78. The smallest absolute Gasteiger partial charge is 0.315 e. The van der Waals surface area contributed by atoms with Gasteiger partial charge in [0.05, 0.1) is 6.61 Å². The first kappa shape index (κ1) is 17.1. The van der Waals surface area contributed by atoms with Gasteiger partial charge in [-0.25, -0.2) is 9.78 Å². The number of aromatic nitrogens is 1. The maximum Gasteiger partial charge on any atom is 0.315 e. The van der Waals surface area contributed by atoms with Crippen LogP contribution in [0.4, 0.5) is 4.79 Å². The molecule has 1 aromatic rings. The van der Waals surface area contributed by atoms with Crippen molar-refractivity contribution < 1.29 is 9.53 Å². The fraction of sp³-hybridized carbons (Fsp3) is 0.684. The van der Waals surface area contributed by atoms with Gasteiger partial charge in [-0.15, -0.1) is 0 Å². The Hall–Kier alpha value is -1.78. The van der Waals surface area contributed by atoms with E-state index in [1.165, 1.54) is 44.9 Å². The van der Waals surface area contributed by atoms with Gasteiger partial charge in [0.25, 0.3) is 0 Å². The molecule has 3 rings (SSSR count). The molecule has 5 heteroatoms. The largest absolute Gasteiger partial charge is 0.477 e. The third-order valence-corrected chi connectivity index (χ3v) is 4.85. The fourth-order valence-corrected chi connectivity index (χ4v) is 3.11. The van der Waals surface area contributed by atoms with Gasteiger partial charge in [-0.05, 0) is 37.2 Å². The van der Waals surface area contributed by atoms with Gasteiger partial charge in [0.1, 0.15) is 0 Å². The summed E-state index contributed by atoms with van der Waals surface area (Å²) < 4.78 is 5.62. The van der Waals surface area contributed by atoms with E-state index in [-0.39, 0.29) is 6.03 Å². The van der Waals surface area contributed by atoms with Crippen LogP contribution in [-0.4, -0.2) is 23.7 Å². The summed E-state index contributed by atoms with van der Waals surface area (Å²) in [5.41, 5.74) is 0.988. The quantitative estimate of drug-likeness (QED) is 0.834. The second-order valence-corrected chi connectivity index (χ2v) is 7.13. The highest BCUT2D eigenvalue weighted by molar-refractivity contribution is 5.74. The first-order valence-electron chi connectivity index (χ1n) is 9.42. The first-order valence-corrected chi connectivity index (χ1v) is 9.42. The molecule has 0 bridgehead atoms. The molecule has 132 valence electrons. The third-order valence-electron chi connectivity index (χ3n) is 4.85. The second-order valence-electron chi connectivity index (χ2n) is 7.13. The standard InChI is InChI=1S/C19H29N3O2/c23-19(22-17-6-4-2-1-3-5-7-17)21-13-16-10-11-18(20-12-16)24-14-15-8-9-15/h10-12,15,17H,1-9,13-14H2,(H2,21,22,23). The van der Waals surface area contributed by atoms with Crippen molar-refractivity contribution in [2.75, 3.05) is 6.61 Å². The molecule has 2 fully saturated rings. The van der Waals surface area contributed by atoms with Gasteiger partial charge in [0, 0.05) is 24.8 Å². The van der Waals surface area contributed by atoms with E-state index in [9.17, 15) is 4.79 Å². The van der Waals surface area contributed by atoms with Gasteiger partial charge in [0.15, 0.2) is 0 Å². The van der Waals surface area contributed by atoms with Crippen LogP contribution in [0.15, 0.2) is 18.3 Å². The number of urea groups is 1. The lowest BCUT2D eigenvalue weighted by Crippen LogP contribution is -2.42. The number of hydrogen-bond acceptors (Lipinski definition) is 3. The highest BCUT2D eigenvalue weighted by atomic mass is 16.5. The predicted molar refractivity (Wildman–Crippen MR) is 93.9 cm³/mol. The van der Waals surface area contributed by atoms with Crippen molar-refractivity contribution in [3.05, 3.63) is 23.9 Å². The molecule has 2 amide bonds. The van der Waals surface area contributed by atoms with E-state index in [2.05, 4.69) is 15.6 Å². The zero-order chi connectivity index (χ0) is 16.6. The monoisotopic (exact) mass is 331 g/mol. The van der Waals surface area contributed by atoms with E-state index in [1.54, 1.807) is 6.20 Å². The Morgan fingerprint density at radius 3 is 2.50 bits per heavy atom. The van der Waals surface area contributed by atoms with Crippen LogP contribution >= 0.6 is 0 Å². The minimum absolute atomic E-state index is 0.0744. The first-order chi connectivity index (χ1) is 11.8. The van der Waals surface area contributed by atoms with E-state index >= 15 is 0 Å². The van der Waals surface area contributed by atoms with Crippen molar-refractivity contribution in [1.82, 2.24) is 15.6 Å². The second kappa shape index (κ2) is 8.90. The molecule has 0 radical (unpaired) electrons. The maximum absolute atomic E-state index is 12.1. The van der Waals surface area contributed by atoms with Gasteiger partial charge in [-0.1, -0.05) is 38.2 Å². The number of pyridine rings is 1. The van der Waals surface area contributed by atoms with Crippen LogP contribution in [0.3, 0.4) is 0 Å². The summed E-state index contributed by atoms with van der Waals surface area (Å²) in [5.74, 6) is 1.40. The molecule has 0 aromatic carbocycles. The molecule has 0 atom stereocenters. The molecule has 5 nitrogen and oxygen atoms in total. The van der Waals surface area contributed by atoms with E-state index in [0.717, 1.165) is 30.9 Å². The van der Waals surface area contributed by atoms with Gasteiger partial charge in [-0.2, -0.15) is 0 Å². The van der Waals surface area contributed by atoms with Crippen LogP contribution < -0.4 is 15.4 Å². The van der Waals surface area contributed by atoms with Crippen LogP contribution in [-0.2, 0) is 6.54 Å². The Morgan fingerprint density at radius 2 is 1.83 bits per heavy atom. The molecule has 2 aliphatic rings. The Kier molecular flexibility index (Phi) is 6.33. The number of carbonyl (C=O) groups is 1. The lowest BCUT2D eigenvalue weighted by atomic mass is 9.97. The molecular weight excluding hydrogens is 302 g/mol. The summed E-state index contributed by atoms with van der Waals surface area (Å²) in [6, 6.07) is 4.09. The highest BCUT2D eigenvalue weighted by Gasteiger charge is 2.22. The van der Waals surface area contributed by atoms with Crippen LogP contribution in [0, 0.1) is 5.92 Å². The van der Waals surface area contributed by atoms with Crippen LogP contribution in [0.25, 0.3) is 0 Å². The van der Waals surface area contributed by atoms with E-state index in [4.69, 9.17) is 4.74 Å². The zero-order valence-corrected chi connectivity index (χ0v) is 14.4. The lowest BCUT2D eigenvalue weighted by Gasteiger charge is -2.21. The Labute approximate surface area is 144 Å². The molecular formula is C19H29N3O2. The number of hydrogen-bond donors (Lipinski definition) is 2. The maximum atomic E-state index is 12.1. The van der Waals surface area contributed by atoms with E-state index in [1.807, 2.05) is 12.1 Å². The number of nitrogens with zero attached hydrogens (tertiary/aromatic N) is 1. The molecule has 1 aromatic heterocycles. The summed E-state index contributed by atoms with van der Waals surface area (Å²) >= 11 is 0. The Bertz CT molecular complexity index is 506. The Balaban J connectivity index is 1.36. The van der Waals surface area contributed by atoms with E-state index in [0.29, 0.717) is 18.5 Å². The zero-order valence-electron chi connectivity index (χ0n) is 14.4. The van der Waals surface area contributed by atoms with Crippen molar-refractivity contribution in [3.8, 4) is 5.88 Å². The molecule has 2 saturated carbocycles. The van der Waals surface area contributed by atoms with Crippen molar-refractivity contribution in [1.29, 1.82) is 0 Å². The molecule has 0 aliphatic heterocycles. The van der Waals surface area contributed by atoms with Crippen LogP contribution in [0.5, 0.6) is 5.88 Å². The van der Waals surface area contributed by atoms with Crippen molar-refractivity contribution >= 4 is 6.03 Å².